The van der Waals surface area contributed by atoms with Gasteiger partial charge in [0.1, 0.15) is 5.82 Å². The fourth-order valence-electron chi connectivity index (χ4n) is 2.57. The van der Waals surface area contributed by atoms with Gasteiger partial charge in [0.2, 0.25) is 0 Å². The summed E-state index contributed by atoms with van der Waals surface area (Å²) < 4.78 is 2.04. The number of hydrogen-bond donors (Lipinski definition) is 1. The van der Waals surface area contributed by atoms with Gasteiger partial charge in [0, 0.05) is 13.0 Å². The summed E-state index contributed by atoms with van der Waals surface area (Å²) in [6, 6.07) is 6.01. The lowest BCUT2D eigenvalue weighted by Gasteiger charge is -2.02. The number of rotatable bonds is 2. The molecule has 1 N–H and O–H groups in total. The van der Waals surface area contributed by atoms with Crippen molar-refractivity contribution in [3.63, 3.8) is 0 Å². The van der Waals surface area contributed by atoms with Crippen molar-refractivity contribution in [2.75, 3.05) is 0 Å². The minimum atomic E-state index is -0.709. The summed E-state index contributed by atoms with van der Waals surface area (Å²) >= 11 is 0. The third-order valence-corrected chi connectivity index (χ3v) is 3.57. The van der Waals surface area contributed by atoms with Crippen LogP contribution in [0.5, 0.6) is 0 Å². The van der Waals surface area contributed by atoms with Crippen molar-refractivity contribution in [1.82, 2.24) is 9.55 Å². The van der Waals surface area contributed by atoms with Gasteiger partial charge in [0.25, 0.3) is 0 Å². The van der Waals surface area contributed by atoms with Crippen LogP contribution in [-0.4, -0.2) is 20.6 Å². The third kappa shape index (κ3) is 1.44. The minimum Gasteiger partial charge on any atom is -0.481 e. The monoisotopic (exact) mass is 230 g/mol. The third-order valence-electron chi connectivity index (χ3n) is 3.57. The molecule has 0 bridgehead atoms. The Bertz CT molecular complexity index is 615. The SMILES string of the molecule is Cc1cccc2nc(C3CC3C(=O)O)n(C)c12. The molecule has 3 rings (SSSR count). The van der Waals surface area contributed by atoms with Crippen molar-refractivity contribution in [2.24, 2.45) is 13.0 Å². The maximum Gasteiger partial charge on any atom is 0.307 e. The van der Waals surface area contributed by atoms with Crippen molar-refractivity contribution in [1.29, 1.82) is 0 Å². The number of fused-ring (bicyclic) bond motifs is 1. The van der Waals surface area contributed by atoms with Gasteiger partial charge in [-0.3, -0.25) is 4.79 Å². The van der Waals surface area contributed by atoms with Crippen molar-refractivity contribution in [2.45, 2.75) is 19.3 Å². The highest BCUT2D eigenvalue weighted by Crippen LogP contribution is 2.47. The minimum absolute atomic E-state index is 0.0873. The van der Waals surface area contributed by atoms with Crippen molar-refractivity contribution in [3.8, 4) is 0 Å². The van der Waals surface area contributed by atoms with Gasteiger partial charge in [-0.25, -0.2) is 4.98 Å². The fraction of sp³-hybridized carbons (Fsp3) is 0.385. The molecule has 1 aromatic carbocycles. The number of carbonyl (C=O) groups is 1. The zero-order chi connectivity index (χ0) is 12.2. The van der Waals surface area contributed by atoms with E-state index in [1.165, 1.54) is 5.56 Å². The average Bonchev–Trinajstić information content (AvgIpc) is 2.99. The highest BCUT2D eigenvalue weighted by Gasteiger charge is 2.46. The molecule has 1 aromatic heterocycles. The summed E-state index contributed by atoms with van der Waals surface area (Å²) in [6.07, 6.45) is 0.714. The molecular formula is C13H14N2O2. The number of benzene rings is 1. The zero-order valence-corrected chi connectivity index (χ0v) is 9.84. The molecule has 0 spiro atoms. The van der Waals surface area contributed by atoms with E-state index in [0.717, 1.165) is 16.9 Å². The van der Waals surface area contributed by atoms with Crippen molar-refractivity contribution >= 4 is 17.0 Å². The molecule has 2 unspecified atom stereocenters. The number of carboxylic acids is 1. The summed E-state index contributed by atoms with van der Waals surface area (Å²) in [5.74, 6) is 0.0376. The first kappa shape index (κ1) is 10.3. The Labute approximate surface area is 98.9 Å². The largest absolute Gasteiger partial charge is 0.481 e. The molecule has 1 aliphatic carbocycles. The smallest absolute Gasteiger partial charge is 0.307 e. The van der Waals surface area contributed by atoms with Crippen molar-refractivity contribution < 1.29 is 9.90 Å². The molecule has 0 amide bonds. The molecule has 17 heavy (non-hydrogen) atoms. The second kappa shape index (κ2) is 3.32. The maximum absolute atomic E-state index is 10.9. The number of carboxylic acid groups (broad SMARTS) is 1. The number of hydrogen-bond acceptors (Lipinski definition) is 2. The van der Waals surface area contributed by atoms with Crippen LogP contribution in [0.4, 0.5) is 0 Å². The Balaban J connectivity index is 2.11. The van der Waals surface area contributed by atoms with E-state index in [9.17, 15) is 4.79 Å². The van der Waals surface area contributed by atoms with Gasteiger partial charge in [0.15, 0.2) is 0 Å². The Kier molecular flexibility index (Phi) is 2.02. The number of aryl methyl sites for hydroxylation is 2. The molecule has 1 saturated carbocycles. The van der Waals surface area contributed by atoms with E-state index >= 15 is 0 Å². The Morgan fingerprint density at radius 3 is 2.88 bits per heavy atom. The van der Waals surface area contributed by atoms with E-state index in [1.807, 2.05) is 23.7 Å². The topological polar surface area (TPSA) is 55.1 Å². The molecule has 0 radical (unpaired) electrons. The van der Waals surface area contributed by atoms with Gasteiger partial charge in [-0.15, -0.1) is 0 Å². The normalized spacial score (nSPS) is 22.9. The Hall–Kier alpha value is -1.84. The van der Waals surface area contributed by atoms with Gasteiger partial charge in [-0.05, 0) is 25.0 Å². The van der Waals surface area contributed by atoms with E-state index in [2.05, 4.69) is 18.0 Å². The van der Waals surface area contributed by atoms with Crippen LogP contribution in [0, 0.1) is 12.8 Å². The fourth-order valence-corrected chi connectivity index (χ4v) is 2.57. The van der Waals surface area contributed by atoms with E-state index in [-0.39, 0.29) is 11.8 Å². The summed E-state index contributed by atoms with van der Waals surface area (Å²) in [5.41, 5.74) is 3.24. The summed E-state index contributed by atoms with van der Waals surface area (Å²) in [6.45, 7) is 2.05. The van der Waals surface area contributed by atoms with Gasteiger partial charge in [-0.2, -0.15) is 0 Å². The van der Waals surface area contributed by atoms with E-state index < -0.39 is 5.97 Å². The highest BCUT2D eigenvalue weighted by atomic mass is 16.4. The number of para-hydroxylation sites is 1. The lowest BCUT2D eigenvalue weighted by atomic mass is 10.2. The molecule has 0 saturated heterocycles. The van der Waals surface area contributed by atoms with Crippen LogP contribution in [0.3, 0.4) is 0 Å². The lowest BCUT2D eigenvalue weighted by molar-refractivity contribution is -0.138. The van der Waals surface area contributed by atoms with Gasteiger partial charge < -0.3 is 9.67 Å². The van der Waals surface area contributed by atoms with E-state index in [0.29, 0.717) is 6.42 Å². The first-order valence-electron chi connectivity index (χ1n) is 5.74. The van der Waals surface area contributed by atoms with Crippen LogP contribution in [0.1, 0.15) is 23.7 Å². The highest BCUT2D eigenvalue weighted by molar-refractivity contribution is 5.81. The molecule has 4 nitrogen and oxygen atoms in total. The summed E-state index contributed by atoms with van der Waals surface area (Å²) in [7, 11) is 1.97. The van der Waals surface area contributed by atoms with Crippen LogP contribution >= 0.6 is 0 Å². The number of aromatic nitrogens is 2. The predicted molar refractivity (Wildman–Crippen MR) is 63.9 cm³/mol. The molecule has 0 aliphatic heterocycles. The van der Waals surface area contributed by atoms with Crippen LogP contribution in [0.25, 0.3) is 11.0 Å². The second-order valence-corrected chi connectivity index (χ2v) is 4.76. The Morgan fingerprint density at radius 2 is 2.29 bits per heavy atom. The first-order chi connectivity index (χ1) is 8.09. The number of imidazole rings is 1. The zero-order valence-electron chi connectivity index (χ0n) is 9.84. The summed E-state index contributed by atoms with van der Waals surface area (Å²) in [5, 5.41) is 8.97. The van der Waals surface area contributed by atoms with E-state index in [1.54, 1.807) is 0 Å². The average molecular weight is 230 g/mol. The van der Waals surface area contributed by atoms with E-state index in [4.69, 9.17) is 5.11 Å². The molecule has 1 aliphatic rings. The van der Waals surface area contributed by atoms with Crippen LogP contribution < -0.4 is 0 Å². The molecule has 4 heteroatoms. The van der Waals surface area contributed by atoms with Crippen molar-refractivity contribution in [3.05, 3.63) is 29.6 Å². The number of aliphatic carboxylic acids is 1. The quantitative estimate of drug-likeness (QED) is 0.859. The van der Waals surface area contributed by atoms with Gasteiger partial charge in [-0.1, -0.05) is 12.1 Å². The van der Waals surface area contributed by atoms with Gasteiger partial charge in [0.05, 0.1) is 17.0 Å². The molecule has 88 valence electrons. The Morgan fingerprint density at radius 1 is 1.53 bits per heavy atom. The molecule has 1 fully saturated rings. The summed E-state index contributed by atoms with van der Waals surface area (Å²) in [4.78, 5) is 15.5. The first-order valence-corrected chi connectivity index (χ1v) is 5.74. The van der Waals surface area contributed by atoms with Gasteiger partial charge >= 0.3 is 5.97 Å². The molecule has 2 atom stereocenters. The molecular weight excluding hydrogens is 216 g/mol. The predicted octanol–water partition coefficient (Wildman–Crippen LogP) is 2.07. The van der Waals surface area contributed by atoms with Crippen LogP contribution in [-0.2, 0) is 11.8 Å². The van der Waals surface area contributed by atoms with Crippen LogP contribution in [0.15, 0.2) is 18.2 Å². The second-order valence-electron chi connectivity index (χ2n) is 4.76. The molecule has 2 aromatic rings. The van der Waals surface area contributed by atoms with Crippen LogP contribution in [0.2, 0.25) is 0 Å². The molecule has 1 heterocycles. The lowest BCUT2D eigenvalue weighted by Crippen LogP contribution is -2.03. The standard InChI is InChI=1S/C13H14N2O2/c1-7-4-3-5-10-11(7)15(2)12(14-10)8-6-9(8)13(16)17/h3-5,8-9H,6H2,1-2H3,(H,16,17). The maximum atomic E-state index is 10.9. The number of nitrogens with zero attached hydrogens (tertiary/aromatic N) is 2.